The van der Waals surface area contributed by atoms with E-state index in [4.69, 9.17) is 17.3 Å². The van der Waals surface area contributed by atoms with Gasteiger partial charge < -0.3 is 11.1 Å². The first-order chi connectivity index (χ1) is 9.16. The predicted octanol–water partition coefficient (Wildman–Crippen LogP) is 2.29. The zero-order valence-corrected chi connectivity index (χ0v) is 11.0. The third-order valence-electron chi connectivity index (χ3n) is 2.66. The van der Waals surface area contributed by atoms with Gasteiger partial charge in [-0.3, -0.25) is 9.78 Å². The van der Waals surface area contributed by atoms with Crippen LogP contribution >= 0.6 is 11.6 Å². The average Bonchev–Trinajstić information content (AvgIpc) is 2.41. The highest BCUT2D eigenvalue weighted by Crippen LogP contribution is 2.14. The van der Waals surface area contributed by atoms with Crippen molar-refractivity contribution in [3.63, 3.8) is 0 Å². The van der Waals surface area contributed by atoms with E-state index in [-0.39, 0.29) is 5.91 Å². The molecule has 0 saturated carbocycles. The summed E-state index contributed by atoms with van der Waals surface area (Å²) in [4.78, 5) is 15.7. The minimum atomic E-state index is -0.188. The van der Waals surface area contributed by atoms with Gasteiger partial charge in [-0.25, -0.2) is 0 Å². The number of pyridine rings is 1. The van der Waals surface area contributed by atoms with E-state index in [1.807, 2.05) is 24.3 Å². The van der Waals surface area contributed by atoms with E-state index in [0.29, 0.717) is 29.2 Å². The van der Waals surface area contributed by atoms with Gasteiger partial charge in [0, 0.05) is 24.0 Å². The number of aromatic nitrogens is 1. The number of nitrogens with one attached hydrogen (secondary N) is 1. The normalized spacial score (nSPS) is 10.2. The van der Waals surface area contributed by atoms with Crippen molar-refractivity contribution < 1.29 is 4.79 Å². The van der Waals surface area contributed by atoms with Gasteiger partial charge in [-0.05, 0) is 24.1 Å². The summed E-state index contributed by atoms with van der Waals surface area (Å²) >= 11 is 6.04. The van der Waals surface area contributed by atoms with E-state index in [1.165, 1.54) is 12.4 Å². The molecule has 5 heteroatoms. The molecule has 3 N–H and O–H groups in total. The SMILES string of the molecule is Nc1cncc(C(=O)NCCc2ccccc2Cl)c1. The standard InChI is InChI=1S/C14H14ClN3O/c15-13-4-2-1-3-10(13)5-6-18-14(19)11-7-12(16)9-17-8-11/h1-4,7-9H,5-6,16H2,(H,18,19). The number of hydrogen-bond acceptors (Lipinski definition) is 3. The molecule has 0 saturated heterocycles. The van der Waals surface area contributed by atoms with Gasteiger partial charge in [0.25, 0.3) is 5.91 Å². The summed E-state index contributed by atoms with van der Waals surface area (Å²) in [6, 6.07) is 9.17. The number of nitrogens with zero attached hydrogens (tertiary/aromatic N) is 1. The molecule has 0 spiro atoms. The second-order valence-electron chi connectivity index (χ2n) is 4.10. The maximum absolute atomic E-state index is 11.8. The van der Waals surface area contributed by atoms with E-state index >= 15 is 0 Å². The Morgan fingerprint density at radius 1 is 1.32 bits per heavy atom. The molecule has 0 fully saturated rings. The predicted molar refractivity (Wildman–Crippen MR) is 76.1 cm³/mol. The largest absolute Gasteiger partial charge is 0.397 e. The molecule has 0 bridgehead atoms. The summed E-state index contributed by atoms with van der Waals surface area (Å²) in [5.41, 5.74) is 7.51. The molecule has 98 valence electrons. The number of benzene rings is 1. The Morgan fingerprint density at radius 3 is 2.84 bits per heavy atom. The van der Waals surface area contributed by atoms with Gasteiger partial charge in [0.15, 0.2) is 0 Å². The van der Waals surface area contributed by atoms with Crippen LogP contribution in [0.25, 0.3) is 0 Å². The van der Waals surface area contributed by atoms with Crippen LogP contribution < -0.4 is 11.1 Å². The van der Waals surface area contributed by atoms with Crippen molar-refractivity contribution in [2.24, 2.45) is 0 Å². The van der Waals surface area contributed by atoms with Crippen LogP contribution in [0, 0.1) is 0 Å². The summed E-state index contributed by atoms with van der Waals surface area (Å²) in [5, 5.41) is 3.52. The molecule has 4 nitrogen and oxygen atoms in total. The quantitative estimate of drug-likeness (QED) is 0.900. The molecule has 1 heterocycles. The fraction of sp³-hybridized carbons (Fsp3) is 0.143. The van der Waals surface area contributed by atoms with Crippen LogP contribution in [0.4, 0.5) is 5.69 Å². The van der Waals surface area contributed by atoms with Crippen LogP contribution in [-0.4, -0.2) is 17.4 Å². The molecular formula is C14H14ClN3O. The summed E-state index contributed by atoms with van der Waals surface area (Å²) in [6.07, 6.45) is 3.67. The third kappa shape index (κ3) is 3.69. The van der Waals surface area contributed by atoms with E-state index < -0.39 is 0 Å². The molecule has 1 aromatic carbocycles. The average molecular weight is 276 g/mol. The highest BCUT2D eigenvalue weighted by Gasteiger charge is 2.06. The highest BCUT2D eigenvalue weighted by atomic mass is 35.5. The number of amides is 1. The first-order valence-corrected chi connectivity index (χ1v) is 6.27. The van der Waals surface area contributed by atoms with Crippen molar-refractivity contribution in [1.29, 1.82) is 0 Å². The van der Waals surface area contributed by atoms with Crippen molar-refractivity contribution in [3.8, 4) is 0 Å². The van der Waals surface area contributed by atoms with Crippen LogP contribution in [0.5, 0.6) is 0 Å². The van der Waals surface area contributed by atoms with Gasteiger partial charge in [0.2, 0.25) is 0 Å². The van der Waals surface area contributed by atoms with E-state index in [2.05, 4.69) is 10.3 Å². The van der Waals surface area contributed by atoms with Crippen LogP contribution in [0.1, 0.15) is 15.9 Å². The van der Waals surface area contributed by atoms with Crippen molar-refractivity contribution in [2.45, 2.75) is 6.42 Å². The molecule has 1 amide bonds. The topological polar surface area (TPSA) is 68.0 Å². The molecule has 2 rings (SSSR count). The zero-order valence-electron chi connectivity index (χ0n) is 10.3. The fourth-order valence-electron chi connectivity index (χ4n) is 1.70. The smallest absolute Gasteiger partial charge is 0.252 e. The maximum Gasteiger partial charge on any atom is 0.252 e. The second-order valence-corrected chi connectivity index (χ2v) is 4.51. The minimum Gasteiger partial charge on any atom is -0.397 e. The molecule has 0 atom stereocenters. The minimum absolute atomic E-state index is 0.188. The molecule has 0 unspecified atom stereocenters. The third-order valence-corrected chi connectivity index (χ3v) is 3.03. The van der Waals surface area contributed by atoms with Crippen LogP contribution in [0.3, 0.4) is 0 Å². The Kier molecular flexibility index (Phi) is 4.36. The Labute approximate surface area is 116 Å². The Balaban J connectivity index is 1.90. The second kappa shape index (κ2) is 6.20. The van der Waals surface area contributed by atoms with Gasteiger partial charge in [0.1, 0.15) is 0 Å². The Morgan fingerprint density at radius 2 is 2.11 bits per heavy atom. The lowest BCUT2D eigenvalue weighted by Gasteiger charge is -2.06. The summed E-state index contributed by atoms with van der Waals surface area (Å²) in [5.74, 6) is -0.188. The number of nitrogens with two attached hydrogens (primary N) is 1. The van der Waals surface area contributed by atoms with Crippen LogP contribution in [0.15, 0.2) is 42.7 Å². The number of carbonyl (C=O) groups excluding carboxylic acids is 1. The number of rotatable bonds is 4. The molecule has 0 aliphatic heterocycles. The number of anilines is 1. The summed E-state index contributed by atoms with van der Waals surface area (Å²) < 4.78 is 0. The van der Waals surface area contributed by atoms with Crippen LogP contribution in [-0.2, 0) is 6.42 Å². The first-order valence-electron chi connectivity index (χ1n) is 5.89. The molecule has 2 aromatic rings. The lowest BCUT2D eigenvalue weighted by atomic mass is 10.1. The Bertz CT molecular complexity index is 586. The Hall–Kier alpha value is -2.07. The van der Waals surface area contributed by atoms with E-state index in [0.717, 1.165) is 5.56 Å². The fourth-order valence-corrected chi connectivity index (χ4v) is 1.93. The number of carbonyl (C=O) groups is 1. The molecule has 19 heavy (non-hydrogen) atoms. The maximum atomic E-state index is 11.8. The lowest BCUT2D eigenvalue weighted by Crippen LogP contribution is -2.25. The van der Waals surface area contributed by atoms with Crippen molar-refractivity contribution in [3.05, 3.63) is 58.9 Å². The summed E-state index contributed by atoms with van der Waals surface area (Å²) in [7, 11) is 0. The lowest BCUT2D eigenvalue weighted by molar-refractivity contribution is 0.0954. The van der Waals surface area contributed by atoms with Crippen molar-refractivity contribution in [1.82, 2.24) is 10.3 Å². The summed E-state index contributed by atoms with van der Waals surface area (Å²) in [6.45, 7) is 0.511. The molecular weight excluding hydrogens is 262 g/mol. The van der Waals surface area contributed by atoms with Gasteiger partial charge in [-0.2, -0.15) is 0 Å². The molecule has 0 aliphatic rings. The number of hydrogen-bond donors (Lipinski definition) is 2. The van der Waals surface area contributed by atoms with Crippen LogP contribution in [0.2, 0.25) is 5.02 Å². The zero-order chi connectivity index (χ0) is 13.7. The van der Waals surface area contributed by atoms with E-state index in [9.17, 15) is 4.79 Å². The molecule has 1 aromatic heterocycles. The van der Waals surface area contributed by atoms with Gasteiger partial charge in [-0.1, -0.05) is 29.8 Å². The van der Waals surface area contributed by atoms with Gasteiger partial charge in [-0.15, -0.1) is 0 Å². The van der Waals surface area contributed by atoms with Gasteiger partial charge >= 0.3 is 0 Å². The first kappa shape index (κ1) is 13.4. The van der Waals surface area contributed by atoms with E-state index in [1.54, 1.807) is 6.07 Å². The highest BCUT2D eigenvalue weighted by molar-refractivity contribution is 6.31. The monoisotopic (exact) mass is 275 g/mol. The van der Waals surface area contributed by atoms with Crippen molar-refractivity contribution >= 4 is 23.2 Å². The molecule has 0 aliphatic carbocycles. The number of halogens is 1. The van der Waals surface area contributed by atoms with Crippen molar-refractivity contribution in [2.75, 3.05) is 12.3 Å². The molecule has 0 radical (unpaired) electrons. The van der Waals surface area contributed by atoms with Gasteiger partial charge in [0.05, 0.1) is 11.3 Å². The number of nitrogen functional groups attached to an aromatic ring is 1.